The topological polar surface area (TPSA) is 97.8 Å². The Bertz CT molecular complexity index is 612. The normalized spacial score (nSPS) is 11.5. The highest BCUT2D eigenvalue weighted by atomic mass is 16.6. The van der Waals surface area contributed by atoms with Gasteiger partial charge in [-0.05, 0) is 20.8 Å². The van der Waals surface area contributed by atoms with Crippen molar-refractivity contribution in [3.63, 3.8) is 0 Å². The fraction of sp³-hybridized carbons (Fsp3) is 0.364. The van der Waals surface area contributed by atoms with Gasteiger partial charge < -0.3 is 9.72 Å². The number of hydrogen-bond acceptors (Lipinski definition) is 6. The monoisotopic (exact) mass is 248 g/mol. The Kier molecular flexibility index (Phi) is 2.82. The van der Waals surface area contributed by atoms with Gasteiger partial charge in [0.1, 0.15) is 23.1 Å². The first-order chi connectivity index (χ1) is 8.38. The Morgan fingerprint density at radius 2 is 1.94 bits per heavy atom. The van der Waals surface area contributed by atoms with Gasteiger partial charge in [0.05, 0.1) is 6.33 Å². The molecule has 0 aliphatic rings. The summed E-state index contributed by atoms with van der Waals surface area (Å²) in [7, 11) is 0. The number of ether oxygens (including phenoxy) is 1. The fourth-order valence-electron chi connectivity index (χ4n) is 1.36. The first-order valence-electron chi connectivity index (χ1n) is 5.30. The van der Waals surface area contributed by atoms with Crippen molar-refractivity contribution in [1.29, 1.82) is 0 Å². The molecule has 2 heterocycles. The molecule has 0 amide bonds. The number of carbonyl (C=O) groups excluding carboxylic acids is 2. The van der Waals surface area contributed by atoms with Gasteiger partial charge >= 0.3 is 5.97 Å². The summed E-state index contributed by atoms with van der Waals surface area (Å²) < 4.78 is 5.00. The summed E-state index contributed by atoms with van der Waals surface area (Å²) in [5.74, 6) is -1.77. The number of Topliss-reactive ketones (excluding diaryl/α,β-unsaturated/α-hetero) is 1. The Hall–Kier alpha value is -2.31. The van der Waals surface area contributed by atoms with Crippen molar-refractivity contribution in [3.05, 3.63) is 18.3 Å². The summed E-state index contributed by atoms with van der Waals surface area (Å²) in [6.45, 7) is 5.05. The highest BCUT2D eigenvalue weighted by Gasteiger charge is 2.27. The highest BCUT2D eigenvalue weighted by molar-refractivity contribution is 6.42. The number of fused-ring (bicyclic) bond motifs is 1. The SMILES string of the molecule is CC(C)(C)OC(=O)C(=O)c1ncnc2nc[nH]c12. The molecule has 2 aromatic heterocycles. The summed E-state index contributed by atoms with van der Waals surface area (Å²) >= 11 is 0. The van der Waals surface area contributed by atoms with E-state index >= 15 is 0 Å². The molecule has 0 aliphatic carbocycles. The quantitative estimate of drug-likeness (QED) is 0.481. The Morgan fingerprint density at radius 1 is 1.22 bits per heavy atom. The minimum absolute atomic E-state index is 0.0354. The van der Waals surface area contributed by atoms with Crippen LogP contribution in [-0.2, 0) is 9.53 Å². The third-order valence-corrected chi connectivity index (χ3v) is 2.02. The van der Waals surface area contributed by atoms with Crippen LogP contribution in [0.2, 0.25) is 0 Å². The average Bonchev–Trinajstić information content (AvgIpc) is 2.73. The maximum Gasteiger partial charge on any atom is 0.381 e. The van der Waals surface area contributed by atoms with Crippen molar-refractivity contribution < 1.29 is 14.3 Å². The highest BCUT2D eigenvalue weighted by Crippen LogP contribution is 2.13. The van der Waals surface area contributed by atoms with E-state index in [9.17, 15) is 9.59 Å². The number of H-pyrrole nitrogens is 1. The molecular weight excluding hydrogens is 236 g/mol. The van der Waals surface area contributed by atoms with Crippen molar-refractivity contribution in [2.45, 2.75) is 26.4 Å². The molecule has 0 saturated heterocycles. The number of nitrogens with one attached hydrogen (secondary N) is 1. The van der Waals surface area contributed by atoms with Crippen LogP contribution < -0.4 is 0 Å². The molecule has 2 rings (SSSR count). The number of aromatic amines is 1. The molecule has 0 saturated carbocycles. The fourth-order valence-corrected chi connectivity index (χ4v) is 1.36. The van der Waals surface area contributed by atoms with Crippen molar-refractivity contribution in [1.82, 2.24) is 19.9 Å². The smallest absolute Gasteiger partial charge is 0.381 e. The van der Waals surface area contributed by atoms with Crippen LogP contribution in [0.3, 0.4) is 0 Å². The van der Waals surface area contributed by atoms with Crippen molar-refractivity contribution in [3.8, 4) is 0 Å². The summed E-state index contributed by atoms with van der Waals surface area (Å²) in [5, 5.41) is 0. The number of carbonyl (C=O) groups is 2. The lowest BCUT2D eigenvalue weighted by atomic mass is 10.2. The van der Waals surface area contributed by atoms with E-state index in [-0.39, 0.29) is 5.69 Å². The van der Waals surface area contributed by atoms with E-state index in [4.69, 9.17) is 4.74 Å². The molecule has 0 fully saturated rings. The molecule has 94 valence electrons. The van der Waals surface area contributed by atoms with Gasteiger partial charge in [-0.15, -0.1) is 0 Å². The molecule has 0 aromatic carbocycles. The molecule has 0 aliphatic heterocycles. The van der Waals surface area contributed by atoms with E-state index in [0.29, 0.717) is 11.2 Å². The van der Waals surface area contributed by atoms with E-state index < -0.39 is 17.4 Å². The Labute approximate surface area is 103 Å². The number of imidazole rings is 1. The Balaban J connectivity index is 2.34. The minimum Gasteiger partial charge on any atom is -0.454 e. The van der Waals surface area contributed by atoms with Gasteiger partial charge in [0.15, 0.2) is 5.65 Å². The first kappa shape index (κ1) is 12.2. The molecular formula is C11H12N4O3. The van der Waals surface area contributed by atoms with Gasteiger partial charge in [-0.1, -0.05) is 0 Å². The Morgan fingerprint density at radius 3 is 2.61 bits per heavy atom. The lowest BCUT2D eigenvalue weighted by Gasteiger charge is -2.18. The lowest BCUT2D eigenvalue weighted by Crippen LogP contribution is -2.29. The van der Waals surface area contributed by atoms with E-state index in [0.717, 1.165) is 0 Å². The van der Waals surface area contributed by atoms with E-state index in [1.54, 1.807) is 20.8 Å². The van der Waals surface area contributed by atoms with E-state index in [2.05, 4.69) is 19.9 Å². The van der Waals surface area contributed by atoms with Gasteiger partial charge in [0.25, 0.3) is 5.78 Å². The van der Waals surface area contributed by atoms with Crippen LogP contribution in [-0.4, -0.2) is 37.3 Å². The van der Waals surface area contributed by atoms with Crippen LogP contribution >= 0.6 is 0 Å². The third-order valence-electron chi connectivity index (χ3n) is 2.02. The molecule has 7 nitrogen and oxygen atoms in total. The van der Waals surface area contributed by atoms with Gasteiger partial charge in [-0.2, -0.15) is 0 Å². The molecule has 0 radical (unpaired) electrons. The number of hydrogen-bond donors (Lipinski definition) is 1. The summed E-state index contributed by atoms with van der Waals surface area (Å²) in [6, 6.07) is 0. The third kappa shape index (κ3) is 2.34. The summed E-state index contributed by atoms with van der Waals surface area (Å²) in [5.41, 5.74) is -0.107. The van der Waals surface area contributed by atoms with Crippen LogP contribution in [0, 0.1) is 0 Å². The molecule has 18 heavy (non-hydrogen) atoms. The van der Waals surface area contributed by atoms with Gasteiger partial charge in [-0.3, -0.25) is 4.79 Å². The molecule has 0 atom stereocenters. The van der Waals surface area contributed by atoms with E-state index in [1.165, 1.54) is 12.7 Å². The molecule has 2 aromatic rings. The number of rotatable bonds is 2. The zero-order valence-corrected chi connectivity index (χ0v) is 10.2. The number of esters is 1. The lowest BCUT2D eigenvalue weighted by molar-refractivity contribution is -0.148. The van der Waals surface area contributed by atoms with Crippen molar-refractivity contribution in [2.75, 3.05) is 0 Å². The molecule has 0 bridgehead atoms. The molecule has 1 N–H and O–H groups in total. The van der Waals surface area contributed by atoms with Gasteiger partial charge in [-0.25, -0.2) is 19.7 Å². The zero-order valence-electron chi connectivity index (χ0n) is 10.2. The predicted molar refractivity (Wildman–Crippen MR) is 61.9 cm³/mol. The molecule has 0 unspecified atom stereocenters. The summed E-state index contributed by atoms with van der Waals surface area (Å²) in [4.78, 5) is 37.8. The zero-order chi connectivity index (χ0) is 13.3. The average molecular weight is 248 g/mol. The van der Waals surface area contributed by atoms with Crippen LogP contribution in [0.5, 0.6) is 0 Å². The second kappa shape index (κ2) is 4.17. The maximum absolute atomic E-state index is 11.9. The minimum atomic E-state index is -0.947. The largest absolute Gasteiger partial charge is 0.454 e. The van der Waals surface area contributed by atoms with Gasteiger partial charge in [0.2, 0.25) is 0 Å². The second-order valence-corrected chi connectivity index (χ2v) is 4.65. The molecule has 7 heteroatoms. The van der Waals surface area contributed by atoms with Crippen LogP contribution in [0.25, 0.3) is 11.2 Å². The second-order valence-electron chi connectivity index (χ2n) is 4.65. The first-order valence-corrected chi connectivity index (χ1v) is 5.30. The van der Waals surface area contributed by atoms with E-state index in [1.807, 2.05) is 0 Å². The summed E-state index contributed by atoms with van der Waals surface area (Å²) in [6.07, 6.45) is 2.56. The standard InChI is InChI=1S/C11H12N4O3/c1-11(2,3)18-10(17)8(16)6-7-9(14-4-12-6)15-5-13-7/h4-5H,1-3H3,(H,12,13,14,15). The van der Waals surface area contributed by atoms with Crippen molar-refractivity contribution >= 4 is 22.9 Å². The van der Waals surface area contributed by atoms with Crippen molar-refractivity contribution in [2.24, 2.45) is 0 Å². The van der Waals surface area contributed by atoms with Crippen LogP contribution in [0.4, 0.5) is 0 Å². The number of ketones is 1. The molecule has 0 spiro atoms. The maximum atomic E-state index is 11.9. The number of aromatic nitrogens is 4. The predicted octanol–water partition coefficient (Wildman–Crippen LogP) is 0.877. The number of nitrogens with zero attached hydrogens (tertiary/aromatic N) is 3. The van der Waals surface area contributed by atoms with Crippen LogP contribution in [0.15, 0.2) is 12.7 Å². The van der Waals surface area contributed by atoms with Gasteiger partial charge in [0, 0.05) is 0 Å². The van der Waals surface area contributed by atoms with Crippen LogP contribution in [0.1, 0.15) is 31.3 Å².